The lowest BCUT2D eigenvalue weighted by Crippen LogP contribution is -2.23. The van der Waals surface area contributed by atoms with E-state index in [1.165, 1.54) is 49.7 Å². The second-order valence-electron chi connectivity index (χ2n) is 5.99. The third-order valence-corrected chi connectivity index (χ3v) is 4.41. The van der Waals surface area contributed by atoms with Gasteiger partial charge in [-0.3, -0.25) is 4.90 Å². The van der Waals surface area contributed by atoms with Crippen LogP contribution >= 0.6 is 0 Å². The maximum atomic E-state index is 11.1. The Balaban J connectivity index is 1.90. The Morgan fingerprint density at radius 3 is 2.57 bits per heavy atom. The van der Waals surface area contributed by atoms with Crippen LogP contribution in [0.2, 0.25) is 0 Å². The molecule has 112 valence electrons. The van der Waals surface area contributed by atoms with Gasteiger partial charge in [0.1, 0.15) is 0 Å². The number of benzene rings is 1. The van der Waals surface area contributed by atoms with E-state index in [1.807, 2.05) is 17.7 Å². The molecule has 2 heterocycles. The average molecular weight is 286 g/mol. The predicted octanol–water partition coefficient (Wildman–Crippen LogP) is 3.25. The molecule has 4 nitrogen and oxygen atoms in total. The number of fused-ring (bicyclic) bond motifs is 1. The molecule has 0 radical (unpaired) electrons. The van der Waals surface area contributed by atoms with Gasteiger partial charge in [-0.15, -0.1) is 0 Å². The van der Waals surface area contributed by atoms with Crippen molar-refractivity contribution in [2.45, 2.75) is 32.2 Å². The smallest absolute Gasteiger partial charge is 0.335 e. The molecule has 0 amide bonds. The Kier molecular flexibility index (Phi) is 3.97. The standard InChI is InChI=1S/C17H22N2O2/c1-18-11-14(12-19-8-4-2-3-5-9-19)15-7-6-13(17(20)21)10-16(15)18/h6-7,10-11H,2-5,8-9,12H2,1H3,(H,20,21). The van der Waals surface area contributed by atoms with E-state index >= 15 is 0 Å². The molecule has 1 aromatic carbocycles. The zero-order valence-corrected chi connectivity index (χ0v) is 12.5. The fourth-order valence-corrected chi connectivity index (χ4v) is 3.26. The summed E-state index contributed by atoms with van der Waals surface area (Å²) in [6, 6.07) is 5.42. The molecule has 21 heavy (non-hydrogen) atoms. The van der Waals surface area contributed by atoms with Crippen molar-refractivity contribution < 1.29 is 9.90 Å². The highest BCUT2D eigenvalue weighted by Gasteiger charge is 2.14. The molecule has 1 N–H and O–H groups in total. The van der Waals surface area contributed by atoms with Crippen LogP contribution in [0.1, 0.15) is 41.6 Å². The monoisotopic (exact) mass is 286 g/mol. The molecule has 1 aliphatic rings. The Labute approximate surface area is 125 Å². The van der Waals surface area contributed by atoms with Crippen LogP contribution in [0.25, 0.3) is 10.9 Å². The van der Waals surface area contributed by atoms with Gasteiger partial charge in [0.2, 0.25) is 0 Å². The lowest BCUT2D eigenvalue weighted by Gasteiger charge is -2.19. The summed E-state index contributed by atoms with van der Waals surface area (Å²) >= 11 is 0. The third-order valence-electron chi connectivity index (χ3n) is 4.41. The molecule has 1 aliphatic heterocycles. The van der Waals surface area contributed by atoms with E-state index in [0.29, 0.717) is 5.56 Å². The van der Waals surface area contributed by atoms with Crippen molar-refractivity contribution in [1.82, 2.24) is 9.47 Å². The van der Waals surface area contributed by atoms with Crippen molar-refractivity contribution in [2.75, 3.05) is 13.1 Å². The van der Waals surface area contributed by atoms with Crippen molar-refractivity contribution in [3.63, 3.8) is 0 Å². The van der Waals surface area contributed by atoms with E-state index in [2.05, 4.69) is 11.1 Å². The number of rotatable bonds is 3. The van der Waals surface area contributed by atoms with Crippen molar-refractivity contribution >= 4 is 16.9 Å². The van der Waals surface area contributed by atoms with E-state index < -0.39 is 5.97 Å². The number of hydrogen-bond donors (Lipinski definition) is 1. The molecule has 1 fully saturated rings. The van der Waals surface area contributed by atoms with Crippen LogP contribution in [0.4, 0.5) is 0 Å². The molecule has 0 bridgehead atoms. The van der Waals surface area contributed by atoms with Gasteiger partial charge >= 0.3 is 5.97 Å². The van der Waals surface area contributed by atoms with E-state index in [4.69, 9.17) is 5.11 Å². The minimum Gasteiger partial charge on any atom is -0.478 e. The summed E-state index contributed by atoms with van der Waals surface area (Å²) in [5, 5.41) is 10.3. The fraction of sp³-hybridized carbons (Fsp3) is 0.471. The number of aromatic carboxylic acids is 1. The van der Waals surface area contributed by atoms with Crippen LogP contribution in [0, 0.1) is 0 Å². The molecule has 0 aliphatic carbocycles. The zero-order chi connectivity index (χ0) is 14.8. The highest BCUT2D eigenvalue weighted by atomic mass is 16.4. The average Bonchev–Trinajstić information content (AvgIpc) is 2.66. The molecule has 3 rings (SSSR count). The predicted molar refractivity (Wildman–Crippen MR) is 83.6 cm³/mol. The minimum atomic E-state index is -0.868. The fourth-order valence-electron chi connectivity index (χ4n) is 3.26. The number of aryl methyl sites for hydroxylation is 1. The second-order valence-corrected chi connectivity index (χ2v) is 5.99. The van der Waals surface area contributed by atoms with Crippen LogP contribution in [-0.2, 0) is 13.6 Å². The zero-order valence-electron chi connectivity index (χ0n) is 12.5. The van der Waals surface area contributed by atoms with Gasteiger partial charge in [-0.25, -0.2) is 4.79 Å². The summed E-state index contributed by atoms with van der Waals surface area (Å²) in [6.07, 6.45) is 7.39. The Morgan fingerprint density at radius 2 is 1.90 bits per heavy atom. The number of hydrogen-bond acceptors (Lipinski definition) is 2. The molecular formula is C17H22N2O2. The SMILES string of the molecule is Cn1cc(CN2CCCCCC2)c2ccc(C(=O)O)cc21. The molecule has 4 heteroatoms. The Bertz CT molecular complexity index is 652. The number of likely N-dealkylation sites (tertiary alicyclic amines) is 1. The van der Waals surface area contributed by atoms with Crippen molar-refractivity contribution in [1.29, 1.82) is 0 Å². The highest BCUT2D eigenvalue weighted by Crippen LogP contribution is 2.24. The normalized spacial score (nSPS) is 17.0. The molecular weight excluding hydrogens is 264 g/mol. The van der Waals surface area contributed by atoms with Gasteiger partial charge in [0.15, 0.2) is 0 Å². The molecule has 0 atom stereocenters. The highest BCUT2D eigenvalue weighted by molar-refractivity contribution is 5.94. The lowest BCUT2D eigenvalue weighted by molar-refractivity contribution is 0.0697. The van der Waals surface area contributed by atoms with Crippen LogP contribution in [0.15, 0.2) is 24.4 Å². The van der Waals surface area contributed by atoms with Crippen LogP contribution in [-0.4, -0.2) is 33.6 Å². The van der Waals surface area contributed by atoms with E-state index in [0.717, 1.165) is 12.1 Å². The van der Waals surface area contributed by atoms with E-state index in [-0.39, 0.29) is 0 Å². The van der Waals surface area contributed by atoms with Crippen molar-refractivity contribution in [3.05, 3.63) is 35.5 Å². The first kappa shape index (κ1) is 14.1. The van der Waals surface area contributed by atoms with Gasteiger partial charge in [0.25, 0.3) is 0 Å². The van der Waals surface area contributed by atoms with E-state index in [1.54, 1.807) is 12.1 Å². The Morgan fingerprint density at radius 1 is 1.19 bits per heavy atom. The summed E-state index contributed by atoms with van der Waals surface area (Å²) in [5.74, 6) is -0.868. The topological polar surface area (TPSA) is 45.5 Å². The van der Waals surface area contributed by atoms with Gasteiger partial charge in [0.05, 0.1) is 5.56 Å². The first-order chi connectivity index (χ1) is 10.1. The van der Waals surface area contributed by atoms with Crippen LogP contribution < -0.4 is 0 Å². The Hall–Kier alpha value is -1.81. The second kappa shape index (κ2) is 5.90. The first-order valence-electron chi connectivity index (χ1n) is 7.69. The van der Waals surface area contributed by atoms with Crippen LogP contribution in [0.3, 0.4) is 0 Å². The maximum absolute atomic E-state index is 11.1. The van der Waals surface area contributed by atoms with Crippen molar-refractivity contribution in [3.8, 4) is 0 Å². The van der Waals surface area contributed by atoms with Crippen molar-refractivity contribution in [2.24, 2.45) is 7.05 Å². The van der Waals surface area contributed by atoms with Gasteiger partial charge in [-0.2, -0.15) is 0 Å². The summed E-state index contributed by atoms with van der Waals surface area (Å²) in [5.41, 5.74) is 2.65. The molecule has 0 unspecified atom stereocenters. The molecule has 0 saturated carbocycles. The van der Waals surface area contributed by atoms with Gasteiger partial charge in [0, 0.05) is 30.7 Å². The van der Waals surface area contributed by atoms with E-state index in [9.17, 15) is 4.79 Å². The van der Waals surface area contributed by atoms with Gasteiger partial charge in [-0.05, 0) is 43.6 Å². The van der Waals surface area contributed by atoms with Gasteiger partial charge < -0.3 is 9.67 Å². The maximum Gasteiger partial charge on any atom is 0.335 e. The lowest BCUT2D eigenvalue weighted by atomic mass is 10.1. The number of nitrogens with zero attached hydrogens (tertiary/aromatic N) is 2. The third kappa shape index (κ3) is 2.95. The number of carboxylic acids is 1. The molecule has 1 saturated heterocycles. The first-order valence-corrected chi connectivity index (χ1v) is 7.69. The summed E-state index contributed by atoms with van der Waals surface area (Å²) < 4.78 is 2.04. The quantitative estimate of drug-likeness (QED) is 0.942. The minimum absolute atomic E-state index is 0.352. The number of carbonyl (C=O) groups is 1. The largest absolute Gasteiger partial charge is 0.478 e. The summed E-state index contributed by atoms with van der Waals surface area (Å²) in [4.78, 5) is 13.6. The summed E-state index contributed by atoms with van der Waals surface area (Å²) in [6.45, 7) is 3.30. The number of aromatic nitrogens is 1. The molecule has 1 aromatic heterocycles. The summed E-state index contributed by atoms with van der Waals surface area (Å²) in [7, 11) is 1.99. The molecule has 0 spiro atoms. The van der Waals surface area contributed by atoms with Gasteiger partial charge in [-0.1, -0.05) is 18.9 Å². The van der Waals surface area contributed by atoms with Crippen LogP contribution in [0.5, 0.6) is 0 Å². The number of carboxylic acid groups (broad SMARTS) is 1. The molecule has 2 aromatic rings.